The largest absolute Gasteiger partial charge is 0.369 e. The normalized spacial score (nSPS) is 20.5. The molecule has 0 saturated heterocycles. The van der Waals surface area contributed by atoms with Gasteiger partial charge in [0.2, 0.25) is 11.9 Å². The predicted octanol–water partition coefficient (Wildman–Crippen LogP) is 1.67. The number of carbonyl (C=O) groups is 1. The average Bonchev–Trinajstić information content (AvgIpc) is 3.06. The molecule has 0 unspecified atom stereocenters. The zero-order valence-electron chi connectivity index (χ0n) is 13.7. The minimum absolute atomic E-state index is 0.00758. The maximum absolute atomic E-state index is 11.3. The van der Waals surface area contributed by atoms with Crippen LogP contribution < -0.4 is 11.1 Å². The standard InChI is InChI=1S/C17H19N7O/c18-16(25)11-5-7-12(8-6-11)20-17-19-10-9-15(21-17)24-14-4-2-1-3-13(14)22-23-24/h1-4,9-12H,5-8H2,(H2,18,25)(H,19,20,21)/t11-,12-. The van der Waals surface area contributed by atoms with Gasteiger partial charge in [-0.05, 0) is 37.8 Å². The molecule has 0 aliphatic heterocycles. The fraction of sp³-hybridized carbons (Fsp3) is 0.353. The zero-order chi connectivity index (χ0) is 17.2. The van der Waals surface area contributed by atoms with Crippen molar-refractivity contribution in [1.82, 2.24) is 25.0 Å². The smallest absolute Gasteiger partial charge is 0.224 e. The molecule has 4 rings (SSSR count). The molecular weight excluding hydrogens is 318 g/mol. The third kappa shape index (κ3) is 3.15. The Hall–Kier alpha value is -3.03. The molecule has 25 heavy (non-hydrogen) atoms. The maximum Gasteiger partial charge on any atom is 0.224 e. The van der Waals surface area contributed by atoms with Gasteiger partial charge in [-0.25, -0.2) is 4.98 Å². The number of anilines is 1. The zero-order valence-corrected chi connectivity index (χ0v) is 13.7. The molecule has 1 aliphatic rings. The van der Waals surface area contributed by atoms with Gasteiger partial charge >= 0.3 is 0 Å². The van der Waals surface area contributed by atoms with Crippen molar-refractivity contribution in [2.24, 2.45) is 11.7 Å². The Morgan fingerprint density at radius 3 is 2.76 bits per heavy atom. The van der Waals surface area contributed by atoms with Gasteiger partial charge in [0.1, 0.15) is 5.52 Å². The minimum Gasteiger partial charge on any atom is -0.369 e. The number of hydrogen-bond acceptors (Lipinski definition) is 6. The van der Waals surface area contributed by atoms with Crippen molar-refractivity contribution in [3.05, 3.63) is 36.5 Å². The summed E-state index contributed by atoms with van der Waals surface area (Å²) < 4.78 is 1.70. The number of para-hydroxylation sites is 1. The first-order valence-corrected chi connectivity index (χ1v) is 8.40. The van der Waals surface area contributed by atoms with Crippen LogP contribution in [0.2, 0.25) is 0 Å². The highest BCUT2D eigenvalue weighted by Gasteiger charge is 2.25. The molecule has 1 fully saturated rings. The molecule has 3 N–H and O–H groups in total. The van der Waals surface area contributed by atoms with Crippen molar-refractivity contribution in [2.45, 2.75) is 31.7 Å². The van der Waals surface area contributed by atoms with Gasteiger partial charge in [-0.2, -0.15) is 9.67 Å². The summed E-state index contributed by atoms with van der Waals surface area (Å²) in [4.78, 5) is 20.1. The molecule has 0 radical (unpaired) electrons. The minimum atomic E-state index is -0.199. The summed E-state index contributed by atoms with van der Waals surface area (Å²) in [5, 5.41) is 11.7. The highest BCUT2D eigenvalue weighted by Crippen LogP contribution is 2.25. The van der Waals surface area contributed by atoms with E-state index in [0.717, 1.165) is 36.7 Å². The SMILES string of the molecule is NC(=O)[C@H]1CC[C@H](Nc2nccc(-n3nnc4ccccc43)n2)CC1. The van der Waals surface area contributed by atoms with E-state index in [0.29, 0.717) is 11.8 Å². The van der Waals surface area contributed by atoms with Gasteiger partial charge in [0.25, 0.3) is 0 Å². The van der Waals surface area contributed by atoms with E-state index in [9.17, 15) is 4.79 Å². The van der Waals surface area contributed by atoms with E-state index in [1.54, 1.807) is 16.9 Å². The van der Waals surface area contributed by atoms with Gasteiger partial charge in [0.15, 0.2) is 5.82 Å². The molecule has 2 heterocycles. The second kappa shape index (κ2) is 6.46. The lowest BCUT2D eigenvalue weighted by atomic mass is 9.86. The summed E-state index contributed by atoms with van der Waals surface area (Å²) in [5.74, 6) is 1.01. The van der Waals surface area contributed by atoms with Crippen molar-refractivity contribution in [1.29, 1.82) is 0 Å². The fourth-order valence-electron chi connectivity index (χ4n) is 3.28. The monoisotopic (exact) mass is 337 g/mol. The van der Waals surface area contributed by atoms with Crippen LogP contribution in [-0.4, -0.2) is 36.9 Å². The third-order valence-electron chi connectivity index (χ3n) is 4.67. The Morgan fingerprint density at radius 2 is 1.96 bits per heavy atom. The molecule has 8 heteroatoms. The van der Waals surface area contributed by atoms with E-state index in [2.05, 4.69) is 25.6 Å². The lowest BCUT2D eigenvalue weighted by Crippen LogP contribution is -2.32. The molecule has 1 aromatic carbocycles. The topological polar surface area (TPSA) is 112 Å². The van der Waals surface area contributed by atoms with Crippen LogP contribution in [0.3, 0.4) is 0 Å². The number of carbonyl (C=O) groups excluding carboxylic acids is 1. The van der Waals surface area contributed by atoms with Crippen LogP contribution in [0.4, 0.5) is 5.95 Å². The van der Waals surface area contributed by atoms with E-state index in [1.165, 1.54) is 0 Å². The number of fused-ring (bicyclic) bond motifs is 1. The molecule has 1 saturated carbocycles. The number of benzene rings is 1. The van der Waals surface area contributed by atoms with Crippen LogP contribution in [0.1, 0.15) is 25.7 Å². The van der Waals surface area contributed by atoms with Crippen LogP contribution in [0.25, 0.3) is 16.9 Å². The van der Waals surface area contributed by atoms with Crippen molar-refractivity contribution < 1.29 is 4.79 Å². The van der Waals surface area contributed by atoms with Gasteiger partial charge in [0.05, 0.1) is 5.52 Å². The summed E-state index contributed by atoms with van der Waals surface area (Å²) >= 11 is 0. The lowest BCUT2D eigenvalue weighted by molar-refractivity contribution is -0.122. The number of primary amides is 1. The molecule has 2 aromatic heterocycles. The molecule has 0 atom stereocenters. The molecule has 1 amide bonds. The average molecular weight is 337 g/mol. The highest BCUT2D eigenvalue weighted by molar-refractivity contribution is 5.76. The van der Waals surface area contributed by atoms with Crippen LogP contribution in [0, 0.1) is 5.92 Å². The quantitative estimate of drug-likeness (QED) is 0.749. The number of rotatable bonds is 4. The van der Waals surface area contributed by atoms with Gasteiger partial charge < -0.3 is 11.1 Å². The number of amides is 1. The summed E-state index contributed by atoms with van der Waals surface area (Å²) in [6, 6.07) is 9.79. The number of nitrogens with one attached hydrogen (secondary N) is 1. The molecule has 0 spiro atoms. The first kappa shape index (κ1) is 15.5. The Balaban J connectivity index is 1.51. The summed E-state index contributed by atoms with van der Waals surface area (Å²) in [5.41, 5.74) is 7.10. The first-order chi connectivity index (χ1) is 12.2. The summed E-state index contributed by atoms with van der Waals surface area (Å²) in [6.07, 6.45) is 5.08. The maximum atomic E-state index is 11.3. The Labute approximate surface area is 144 Å². The van der Waals surface area contributed by atoms with E-state index >= 15 is 0 Å². The number of nitrogens with zero attached hydrogens (tertiary/aromatic N) is 5. The molecule has 0 bridgehead atoms. The predicted molar refractivity (Wildman–Crippen MR) is 93.0 cm³/mol. The lowest BCUT2D eigenvalue weighted by Gasteiger charge is -2.27. The van der Waals surface area contributed by atoms with Gasteiger partial charge in [-0.1, -0.05) is 17.3 Å². The van der Waals surface area contributed by atoms with E-state index in [1.807, 2.05) is 24.3 Å². The molecule has 3 aromatic rings. The van der Waals surface area contributed by atoms with Crippen molar-refractivity contribution in [3.63, 3.8) is 0 Å². The van der Waals surface area contributed by atoms with Crippen molar-refractivity contribution >= 4 is 22.9 Å². The van der Waals surface area contributed by atoms with Gasteiger partial charge in [-0.15, -0.1) is 5.10 Å². The summed E-state index contributed by atoms with van der Waals surface area (Å²) in [7, 11) is 0. The molecular formula is C17H19N7O. The van der Waals surface area contributed by atoms with Crippen molar-refractivity contribution in [2.75, 3.05) is 5.32 Å². The molecule has 1 aliphatic carbocycles. The number of hydrogen-bond donors (Lipinski definition) is 2. The Morgan fingerprint density at radius 1 is 1.16 bits per heavy atom. The first-order valence-electron chi connectivity index (χ1n) is 8.40. The van der Waals surface area contributed by atoms with Crippen molar-refractivity contribution in [3.8, 4) is 5.82 Å². The Bertz CT molecular complexity index is 899. The number of nitrogens with two attached hydrogens (primary N) is 1. The summed E-state index contributed by atoms with van der Waals surface area (Å²) in [6.45, 7) is 0. The van der Waals surface area contributed by atoms with Gasteiger partial charge in [-0.3, -0.25) is 4.79 Å². The van der Waals surface area contributed by atoms with Gasteiger partial charge in [0, 0.05) is 24.2 Å². The Kier molecular flexibility index (Phi) is 4.01. The second-order valence-electron chi connectivity index (χ2n) is 6.32. The van der Waals surface area contributed by atoms with Crippen LogP contribution in [0.5, 0.6) is 0 Å². The van der Waals surface area contributed by atoms with E-state index in [4.69, 9.17) is 5.73 Å². The van der Waals surface area contributed by atoms with Crippen LogP contribution in [-0.2, 0) is 4.79 Å². The molecule has 128 valence electrons. The van der Waals surface area contributed by atoms with E-state index < -0.39 is 0 Å². The van der Waals surface area contributed by atoms with E-state index in [-0.39, 0.29) is 17.9 Å². The van der Waals surface area contributed by atoms with Crippen LogP contribution in [0.15, 0.2) is 36.5 Å². The third-order valence-corrected chi connectivity index (χ3v) is 4.67. The molecule has 8 nitrogen and oxygen atoms in total. The second-order valence-corrected chi connectivity index (χ2v) is 6.32. The van der Waals surface area contributed by atoms with Crippen LogP contribution >= 0.6 is 0 Å². The number of aromatic nitrogens is 5. The highest BCUT2D eigenvalue weighted by atomic mass is 16.1. The fourth-order valence-corrected chi connectivity index (χ4v) is 3.28.